The van der Waals surface area contributed by atoms with E-state index in [0.717, 1.165) is 25.7 Å². The standard InChI is InChI=1S/C14H26O/c1-5-9-11-13(7-3)15-14(8-4)12-10-6-2/h9-14H,5-8H2,1-4H3/b11-9+,12-10+. The molecule has 0 aliphatic carbocycles. The second-order valence-corrected chi connectivity index (χ2v) is 3.70. The van der Waals surface area contributed by atoms with Gasteiger partial charge in [-0.1, -0.05) is 52.0 Å². The third kappa shape index (κ3) is 7.38. The summed E-state index contributed by atoms with van der Waals surface area (Å²) in [6.07, 6.45) is 13.6. The molecule has 0 aliphatic heterocycles. The van der Waals surface area contributed by atoms with E-state index < -0.39 is 0 Å². The third-order valence-electron chi connectivity index (χ3n) is 2.33. The van der Waals surface area contributed by atoms with Gasteiger partial charge in [-0.15, -0.1) is 0 Å². The maximum absolute atomic E-state index is 5.98. The van der Waals surface area contributed by atoms with Crippen molar-refractivity contribution >= 4 is 0 Å². The van der Waals surface area contributed by atoms with Gasteiger partial charge in [-0.05, 0) is 25.7 Å². The Kier molecular flexibility index (Phi) is 9.60. The van der Waals surface area contributed by atoms with Crippen LogP contribution in [0.5, 0.6) is 0 Å². The fraction of sp³-hybridized carbons (Fsp3) is 0.714. The first-order valence-electron chi connectivity index (χ1n) is 6.27. The van der Waals surface area contributed by atoms with Crippen molar-refractivity contribution in [3.8, 4) is 0 Å². The van der Waals surface area contributed by atoms with Crippen LogP contribution in [-0.4, -0.2) is 12.2 Å². The van der Waals surface area contributed by atoms with Gasteiger partial charge in [0.1, 0.15) is 0 Å². The number of allylic oxidation sites excluding steroid dienone is 2. The summed E-state index contributed by atoms with van der Waals surface area (Å²) in [6.45, 7) is 8.64. The van der Waals surface area contributed by atoms with E-state index in [0.29, 0.717) is 0 Å². The van der Waals surface area contributed by atoms with Crippen LogP contribution >= 0.6 is 0 Å². The van der Waals surface area contributed by atoms with Crippen LogP contribution in [0.2, 0.25) is 0 Å². The van der Waals surface area contributed by atoms with Crippen LogP contribution in [0.3, 0.4) is 0 Å². The Hall–Kier alpha value is -0.560. The zero-order valence-corrected chi connectivity index (χ0v) is 10.7. The summed E-state index contributed by atoms with van der Waals surface area (Å²) in [4.78, 5) is 0. The van der Waals surface area contributed by atoms with Crippen molar-refractivity contribution in [3.05, 3.63) is 24.3 Å². The fourth-order valence-corrected chi connectivity index (χ4v) is 1.36. The van der Waals surface area contributed by atoms with Gasteiger partial charge in [0.2, 0.25) is 0 Å². The summed E-state index contributed by atoms with van der Waals surface area (Å²) in [5.74, 6) is 0. The zero-order valence-electron chi connectivity index (χ0n) is 10.7. The highest BCUT2D eigenvalue weighted by atomic mass is 16.5. The molecule has 2 unspecified atom stereocenters. The van der Waals surface area contributed by atoms with Crippen molar-refractivity contribution in [2.24, 2.45) is 0 Å². The van der Waals surface area contributed by atoms with Crippen molar-refractivity contribution in [1.82, 2.24) is 0 Å². The van der Waals surface area contributed by atoms with Crippen LogP contribution in [0.25, 0.3) is 0 Å². The Morgan fingerprint density at radius 3 is 1.47 bits per heavy atom. The number of rotatable bonds is 8. The van der Waals surface area contributed by atoms with Gasteiger partial charge in [0, 0.05) is 0 Å². The minimum atomic E-state index is 0.274. The Morgan fingerprint density at radius 2 is 1.20 bits per heavy atom. The molecular weight excluding hydrogens is 184 g/mol. The second kappa shape index (κ2) is 9.97. The van der Waals surface area contributed by atoms with Crippen molar-refractivity contribution in [2.75, 3.05) is 0 Å². The molecule has 0 rings (SSSR count). The second-order valence-electron chi connectivity index (χ2n) is 3.70. The van der Waals surface area contributed by atoms with Crippen LogP contribution in [-0.2, 0) is 4.74 Å². The molecule has 0 radical (unpaired) electrons. The maximum Gasteiger partial charge on any atom is 0.0761 e. The zero-order chi connectivity index (χ0) is 11.5. The lowest BCUT2D eigenvalue weighted by Crippen LogP contribution is -2.17. The summed E-state index contributed by atoms with van der Waals surface area (Å²) in [7, 11) is 0. The van der Waals surface area contributed by atoms with Crippen LogP contribution in [0.15, 0.2) is 24.3 Å². The van der Waals surface area contributed by atoms with Crippen molar-refractivity contribution < 1.29 is 4.74 Å². The molecule has 88 valence electrons. The Labute approximate surface area is 95.2 Å². The topological polar surface area (TPSA) is 9.23 Å². The molecule has 0 saturated heterocycles. The molecule has 0 aliphatic rings. The largest absolute Gasteiger partial charge is 0.367 e. The quantitative estimate of drug-likeness (QED) is 0.536. The molecule has 0 bridgehead atoms. The lowest BCUT2D eigenvalue weighted by molar-refractivity contribution is 0.0373. The minimum absolute atomic E-state index is 0.274. The van der Waals surface area contributed by atoms with E-state index in [-0.39, 0.29) is 12.2 Å². The van der Waals surface area contributed by atoms with E-state index in [9.17, 15) is 0 Å². The molecule has 1 nitrogen and oxygen atoms in total. The summed E-state index contributed by atoms with van der Waals surface area (Å²) >= 11 is 0. The first kappa shape index (κ1) is 14.4. The molecule has 15 heavy (non-hydrogen) atoms. The van der Waals surface area contributed by atoms with Crippen LogP contribution in [0.4, 0.5) is 0 Å². The monoisotopic (exact) mass is 210 g/mol. The highest BCUT2D eigenvalue weighted by Crippen LogP contribution is 2.09. The Balaban J connectivity index is 4.11. The number of ether oxygens (including phenoxy) is 1. The highest BCUT2D eigenvalue weighted by molar-refractivity contribution is 4.93. The van der Waals surface area contributed by atoms with Gasteiger partial charge in [-0.25, -0.2) is 0 Å². The van der Waals surface area contributed by atoms with E-state index in [4.69, 9.17) is 4.74 Å². The Bertz CT molecular complexity index is 162. The molecule has 0 amide bonds. The lowest BCUT2D eigenvalue weighted by Gasteiger charge is -2.18. The average molecular weight is 210 g/mol. The predicted molar refractivity (Wildman–Crippen MR) is 68.1 cm³/mol. The molecule has 1 heteroatoms. The van der Waals surface area contributed by atoms with Gasteiger partial charge in [0.05, 0.1) is 12.2 Å². The number of hydrogen-bond donors (Lipinski definition) is 0. The SMILES string of the molecule is CC/C=C/C(CC)OC(/C=C/CC)CC. The predicted octanol–water partition coefficient (Wildman–Crippen LogP) is 4.49. The molecule has 0 aromatic heterocycles. The molecule has 0 aromatic rings. The smallest absolute Gasteiger partial charge is 0.0761 e. The maximum atomic E-state index is 5.98. The number of hydrogen-bond acceptors (Lipinski definition) is 1. The van der Waals surface area contributed by atoms with E-state index in [1.165, 1.54) is 0 Å². The summed E-state index contributed by atoms with van der Waals surface area (Å²) in [5, 5.41) is 0. The van der Waals surface area contributed by atoms with Crippen molar-refractivity contribution in [3.63, 3.8) is 0 Å². The molecule has 0 fully saturated rings. The molecule has 0 heterocycles. The first-order valence-corrected chi connectivity index (χ1v) is 6.27. The van der Waals surface area contributed by atoms with E-state index in [1.807, 2.05) is 0 Å². The van der Waals surface area contributed by atoms with Gasteiger partial charge < -0.3 is 4.74 Å². The van der Waals surface area contributed by atoms with Gasteiger partial charge in [-0.2, -0.15) is 0 Å². The van der Waals surface area contributed by atoms with Crippen molar-refractivity contribution in [1.29, 1.82) is 0 Å². The first-order chi connectivity index (χ1) is 7.28. The van der Waals surface area contributed by atoms with Crippen LogP contribution < -0.4 is 0 Å². The normalized spacial score (nSPS) is 16.3. The fourth-order valence-electron chi connectivity index (χ4n) is 1.36. The van der Waals surface area contributed by atoms with E-state index in [2.05, 4.69) is 52.0 Å². The van der Waals surface area contributed by atoms with Gasteiger partial charge in [0.25, 0.3) is 0 Å². The molecule has 0 saturated carbocycles. The van der Waals surface area contributed by atoms with E-state index in [1.54, 1.807) is 0 Å². The van der Waals surface area contributed by atoms with Gasteiger partial charge in [0.15, 0.2) is 0 Å². The molecule has 0 aromatic carbocycles. The average Bonchev–Trinajstić information content (AvgIpc) is 2.28. The Morgan fingerprint density at radius 1 is 0.800 bits per heavy atom. The van der Waals surface area contributed by atoms with Crippen molar-refractivity contribution in [2.45, 2.75) is 65.6 Å². The molecule has 0 spiro atoms. The van der Waals surface area contributed by atoms with Crippen LogP contribution in [0, 0.1) is 0 Å². The van der Waals surface area contributed by atoms with Gasteiger partial charge in [-0.3, -0.25) is 0 Å². The molecular formula is C14H26O. The highest BCUT2D eigenvalue weighted by Gasteiger charge is 2.07. The van der Waals surface area contributed by atoms with Crippen LogP contribution in [0.1, 0.15) is 53.4 Å². The molecule has 0 N–H and O–H groups in total. The lowest BCUT2D eigenvalue weighted by atomic mass is 10.2. The summed E-state index contributed by atoms with van der Waals surface area (Å²) in [5.41, 5.74) is 0. The van der Waals surface area contributed by atoms with Gasteiger partial charge >= 0.3 is 0 Å². The third-order valence-corrected chi connectivity index (χ3v) is 2.33. The minimum Gasteiger partial charge on any atom is -0.367 e. The summed E-state index contributed by atoms with van der Waals surface area (Å²) in [6, 6.07) is 0. The van der Waals surface area contributed by atoms with E-state index >= 15 is 0 Å². The summed E-state index contributed by atoms with van der Waals surface area (Å²) < 4.78 is 5.98. The molecule has 2 atom stereocenters.